The van der Waals surface area contributed by atoms with Crippen LogP contribution in [0.15, 0.2) is 0 Å². The summed E-state index contributed by atoms with van der Waals surface area (Å²) in [4.78, 5) is 21.3. The molecule has 1 unspecified atom stereocenters. The molecule has 0 aromatic rings. The lowest BCUT2D eigenvalue weighted by atomic mass is 9.70. The first-order valence-electron chi connectivity index (χ1n) is 4.77. The number of halogens is 1. The molecule has 0 spiro atoms. The van der Waals surface area contributed by atoms with E-state index >= 15 is 0 Å². The van der Waals surface area contributed by atoms with E-state index in [1.807, 2.05) is 0 Å². The second-order valence-corrected chi connectivity index (χ2v) is 3.96. The molecule has 0 saturated heterocycles. The first kappa shape index (κ1) is 11.9. The molecule has 1 rings (SSSR count). The summed E-state index contributed by atoms with van der Waals surface area (Å²) in [5.41, 5.74) is 3.44. The van der Waals surface area contributed by atoms with Gasteiger partial charge < -0.3 is 15.9 Å². The second kappa shape index (κ2) is 4.14. The Labute approximate surface area is 86.1 Å². The number of carboxylic acids is 2. The van der Waals surface area contributed by atoms with Gasteiger partial charge in [-0.2, -0.15) is 0 Å². The van der Waals surface area contributed by atoms with Crippen LogP contribution in [0, 0.1) is 5.92 Å². The predicted octanol–water partition coefficient (Wildman–Crippen LogP) is 0.381. The Bertz CT molecular complexity index is 277. The molecule has 5 nitrogen and oxygen atoms in total. The highest BCUT2D eigenvalue weighted by molar-refractivity contribution is 5.76. The summed E-state index contributed by atoms with van der Waals surface area (Å²) in [5, 5.41) is 17.3. The minimum absolute atomic E-state index is 0.177. The molecule has 0 aromatic carbocycles. The fourth-order valence-electron chi connectivity index (χ4n) is 1.75. The zero-order valence-electron chi connectivity index (χ0n) is 8.15. The molecular formula is C9H14FNO4. The number of rotatable bonds is 5. The van der Waals surface area contributed by atoms with Crippen LogP contribution < -0.4 is 5.73 Å². The lowest BCUT2D eigenvalue weighted by Gasteiger charge is -2.39. The summed E-state index contributed by atoms with van der Waals surface area (Å²) >= 11 is 0. The molecule has 0 radical (unpaired) electrons. The van der Waals surface area contributed by atoms with E-state index < -0.39 is 29.6 Å². The van der Waals surface area contributed by atoms with E-state index in [-0.39, 0.29) is 19.3 Å². The number of aliphatic carboxylic acids is 2. The van der Waals surface area contributed by atoms with Gasteiger partial charge in [-0.05, 0) is 25.7 Å². The van der Waals surface area contributed by atoms with Crippen molar-refractivity contribution in [3.63, 3.8) is 0 Å². The average molecular weight is 219 g/mol. The molecule has 1 aliphatic carbocycles. The molecule has 0 bridgehead atoms. The van der Waals surface area contributed by atoms with E-state index in [1.54, 1.807) is 0 Å². The van der Waals surface area contributed by atoms with Gasteiger partial charge in [-0.3, -0.25) is 9.59 Å². The second-order valence-electron chi connectivity index (χ2n) is 3.96. The zero-order chi connectivity index (χ0) is 11.6. The third kappa shape index (κ3) is 2.44. The number of carboxylic acid groups (broad SMARTS) is 2. The number of nitrogens with two attached hydrogens (primary N) is 1. The van der Waals surface area contributed by atoms with Crippen molar-refractivity contribution >= 4 is 11.9 Å². The molecule has 0 aromatic heterocycles. The third-order valence-electron chi connectivity index (χ3n) is 2.91. The Balaban J connectivity index is 2.67. The lowest BCUT2D eigenvalue weighted by Crippen LogP contribution is -2.48. The van der Waals surface area contributed by atoms with Crippen LogP contribution in [-0.4, -0.2) is 33.9 Å². The van der Waals surface area contributed by atoms with Gasteiger partial charge in [0, 0.05) is 0 Å². The minimum Gasteiger partial charge on any atom is -0.481 e. The molecule has 4 N–H and O–H groups in total. The highest BCUT2D eigenvalue weighted by Gasteiger charge is 2.49. The normalized spacial score (nSPS) is 22.5. The summed E-state index contributed by atoms with van der Waals surface area (Å²) in [6.07, 6.45) is 0.635. The van der Waals surface area contributed by atoms with Gasteiger partial charge in [-0.25, -0.2) is 4.39 Å². The standard InChI is InChI=1S/C9H14FNO4/c10-9(2-1-3-9)5(7(12)13)4-6(11)8(14)15/h5-6H,1-4,11H2,(H,12,13)(H,14,15)/t5?,6-/m0/s1. The van der Waals surface area contributed by atoms with E-state index in [1.165, 1.54) is 0 Å². The van der Waals surface area contributed by atoms with E-state index in [4.69, 9.17) is 15.9 Å². The number of alkyl halides is 1. The molecule has 1 aliphatic rings. The molecular weight excluding hydrogens is 205 g/mol. The van der Waals surface area contributed by atoms with E-state index in [2.05, 4.69) is 0 Å². The highest BCUT2D eigenvalue weighted by Crippen LogP contribution is 2.43. The Morgan fingerprint density at radius 3 is 2.13 bits per heavy atom. The first-order chi connectivity index (χ1) is 6.87. The predicted molar refractivity (Wildman–Crippen MR) is 49.0 cm³/mol. The summed E-state index contributed by atoms with van der Waals surface area (Å²) in [6.45, 7) is 0. The highest BCUT2D eigenvalue weighted by atomic mass is 19.1. The molecule has 0 heterocycles. The van der Waals surface area contributed by atoms with Crippen LogP contribution in [0.3, 0.4) is 0 Å². The third-order valence-corrected chi connectivity index (χ3v) is 2.91. The minimum atomic E-state index is -1.76. The van der Waals surface area contributed by atoms with Crippen LogP contribution in [0.4, 0.5) is 4.39 Å². The number of hydrogen-bond donors (Lipinski definition) is 3. The van der Waals surface area contributed by atoms with Crippen LogP contribution in [0.2, 0.25) is 0 Å². The van der Waals surface area contributed by atoms with E-state index in [0.717, 1.165) is 0 Å². The van der Waals surface area contributed by atoms with Crippen LogP contribution in [-0.2, 0) is 9.59 Å². The number of carbonyl (C=O) groups is 2. The van der Waals surface area contributed by atoms with Gasteiger partial charge in [0.15, 0.2) is 0 Å². The van der Waals surface area contributed by atoms with Gasteiger partial charge in [-0.1, -0.05) is 0 Å². The molecule has 0 aliphatic heterocycles. The molecule has 0 amide bonds. The maximum absolute atomic E-state index is 13.8. The molecule has 2 atom stereocenters. The van der Waals surface area contributed by atoms with Crippen molar-refractivity contribution in [2.45, 2.75) is 37.4 Å². The smallest absolute Gasteiger partial charge is 0.320 e. The van der Waals surface area contributed by atoms with Gasteiger partial charge in [0.25, 0.3) is 0 Å². The Morgan fingerprint density at radius 2 is 1.87 bits per heavy atom. The maximum atomic E-state index is 13.8. The monoisotopic (exact) mass is 219 g/mol. The van der Waals surface area contributed by atoms with Crippen molar-refractivity contribution in [3.8, 4) is 0 Å². The van der Waals surface area contributed by atoms with Crippen LogP contribution >= 0.6 is 0 Å². The van der Waals surface area contributed by atoms with E-state index in [0.29, 0.717) is 6.42 Å². The van der Waals surface area contributed by atoms with Crippen molar-refractivity contribution in [1.82, 2.24) is 0 Å². The Morgan fingerprint density at radius 1 is 1.33 bits per heavy atom. The van der Waals surface area contributed by atoms with Gasteiger partial charge in [0.2, 0.25) is 0 Å². The fourth-order valence-corrected chi connectivity index (χ4v) is 1.75. The molecule has 86 valence electrons. The van der Waals surface area contributed by atoms with Gasteiger partial charge in [0.05, 0.1) is 5.92 Å². The topological polar surface area (TPSA) is 101 Å². The van der Waals surface area contributed by atoms with Gasteiger partial charge in [-0.15, -0.1) is 0 Å². The largest absolute Gasteiger partial charge is 0.481 e. The first-order valence-corrected chi connectivity index (χ1v) is 4.77. The van der Waals surface area contributed by atoms with Crippen molar-refractivity contribution < 1.29 is 24.2 Å². The van der Waals surface area contributed by atoms with Gasteiger partial charge >= 0.3 is 11.9 Å². The SMILES string of the molecule is N[C@@H](CC(C(=O)O)C1(F)CCC1)C(=O)O. The van der Waals surface area contributed by atoms with Crippen LogP contribution in [0.25, 0.3) is 0 Å². The summed E-state index contributed by atoms with van der Waals surface area (Å²) in [5.74, 6) is -3.92. The fraction of sp³-hybridized carbons (Fsp3) is 0.778. The molecule has 1 saturated carbocycles. The van der Waals surface area contributed by atoms with Crippen molar-refractivity contribution in [1.29, 1.82) is 0 Å². The van der Waals surface area contributed by atoms with E-state index in [9.17, 15) is 14.0 Å². The Hall–Kier alpha value is -1.17. The maximum Gasteiger partial charge on any atom is 0.320 e. The molecule has 6 heteroatoms. The van der Waals surface area contributed by atoms with Crippen LogP contribution in [0.1, 0.15) is 25.7 Å². The summed E-state index contributed by atoms with van der Waals surface area (Å²) in [6, 6.07) is -1.32. The van der Waals surface area contributed by atoms with Crippen molar-refractivity contribution in [3.05, 3.63) is 0 Å². The molecule has 1 fully saturated rings. The van der Waals surface area contributed by atoms with Crippen molar-refractivity contribution in [2.75, 3.05) is 0 Å². The zero-order valence-corrected chi connectivity index (χ0v) is 8.15. The quantitative estimate of drug-likeness (QED) is 0.620. The summed E-state index contributed by atoms with van der Waals surface area (Å²) in [7, 11) is 0. The number of hydrogen-bond acceptors (Lipinski definition) is 3. The average Bonchev–Trinajstić information content (AvgIpc) is 2.09. The van der Waals surface area contributed by atoms with Gasteiger partial charge in [0.1, 0.15) is 11.7 Å². The van der Waals surface area contributed by atoms with Crippen LogP contribution in [0.5, 0.6) is 0 Å². The summed E-state index contributed by atoms with van der Waals surface area (Å²) < 4.78 is 13.8. The molecule has 15 heavy (non-hydrogen) atoms. The van der Waals surface area contributed by atoms with Crippen molar-refractivity contribution in [2.24, 2.45) is 11.7 Å². The lowest BCUT2D eigenvalue weighted by molar-refractivity contribution is -0.153. The Kier molecular flexibility index (Phi) is 3.28.